The van der Waals surface area contributed by atoms with Crippen LogP contribution in [0.3, 0.4) is 0 Å². The minimum absolute atomic E-state index is 0.143. The molecule has 1 aromatic heterocycles. The highest BCUT2D eigenvalue weighted by molar-refractivity contribution is 6.04. The normalized spacial score (nSPS) is 13.2. The van der Waals surface area contributed by atoms with Crippen LogP contribution in [-0.2, 0) is 17.8 Å². The summed E-state index contributed by atoms with van der Waals surface area (Å²) < 4.78 is 6.11. The third-order valence-electron chi connectivity index (χ3n) is 5.52. The topological polar surface area (TPSA) is 62.6 Å². The van der Waals surface area contributed by atoms with Crippen molar-refractivity contribution in [2.45, 2.75) is 40.2 Å². The molecule has 0 saturated heterocycles. The standard InChI is InChI=1S/C26H28N2O3/c1-17(2)13-25(29)28-12-11-23-21(16-28)15-24(31-23)20-5-4-6-22(14-20)27-26(30)19-9-7-18(3)8-10-19/h4-10,14-15,17H,11-13,16H2,1-3H3,(H,27,30). The molecule has 1 N–H and O–H groups in total. The van der Waals surface area contributed by atoms with Crippen molar-refractivity contribution in [3.8, 4) is 11.3 Å². The van der Waals surface area contributed by atoms with Crippen LogP contribution < -0.4 is 5.32 Å². The summed E-state index contributed by atoms with van der Waals surface area (Å²) in [6, 6.07) is 17.2. The number of benzene rings is 2. The highest BCUT2D eigenvalue weighted by Gasteiger charge is 2.24. The Kier molecular flexibility index (Phi) is 5.94. The van der Waals surface area contributed by atoms with E-state index in [9.17, 15) is 9.59 Å². The molecule has 2 aromatic carbocycles. The van der Waals surface area contributed by atoms with Crippen molar-refractivity contribution in [3.05, 3.63) is 77.0 Å². The zero-order valence-electron chi connectivity index (χ0n) is 18.3. The Morgan fingerprint density at radius 3 is 2.61 bits per heavy atom. The number of carbonyl (C=O) groups excluding carboxylic acids is 2. The summed E-state index contributed by atoms with van der Waals surface area (Å²) in [5, 5.41) is 2.96. The molecule has 0 aliphatic carbocycles. The summed E-state index contributed by atoms with van der Waals surface area (Å²) in [6.07, 6.45) is 1.30. The number of furan rings is 1. The number of aryl methyl sites for hydroxylation is 1. The van der Waals surface area contributed by atoms with Gasteiger partial charge in [-0.15, -0.1) is 0 Å². The Morgan fingerprint density at radius 2 is 1.87 bits per heavy atom. The van der Waals surface area contributed by atoms with E-state index in [1.165, 1.54) is 0 Å². The first-order valence-corrected chi connectivity index (χ1v) is 10.8. The van der Waals surface area contributed by atoms with Gasteiger partial charge in [0.05, 0.1) is 0 Å². The number of anilines is 1. The molecule has 2 amide bonds. The van der Waals surface area contributed by atoms with E-state index < -0.39 is 0 Å². The molecule has 31 heavy (non-hydrogen) atoms. The fourth-order valence-corrected chi connectivity index (χ4v) is 3.82. The number of rotatable bonds is 5. The van der Waals surface area contributed by atoms with Crippen molar-refractivity contribution in [1.29, 1.82) is 0 Å². The predicted molar refractivity (Wildman–Crippen MR) is 122 cm³/mol. The second-order valence-electron chi connectivity index (χ2n) is 8.62. The van der Waals surface area contributed by atoms with Gasteiger partial charge >= 0.3 is 0 Å². The second kappa shape index (κ2) is 8.80. The van der Waals surface area contributed by atoms with Gasteiger partial charge in [-0.2, -0.15) is 0 Å². The van der Waals surface area contributed by atoms with E-state index in [0.717, 1.165) is 34.6 Å². The summed E-state index contributed by atoms with van der Waals surface area (Å²) in [6.45, 7) is 7.40. The van der Waals surface area contributed by atoms with Crippen LogP contribution in [0.1, 0.15) is 47.5 Å². The molecular formula is C26H28N2O3. The third-order valence-corrected chi connectivity index (χ3v) is 5.52. The van der Waals surface area contributed by atoms with Crippen LogP contribution in [0.25, 0.3) is 11.3 Å². The second-order valence-corrected chi connectivity index (χ2v) is 8.62. The smallest absolute Gasteiger partial charge is 0.255 e. The fourth-order valence-electron chi connectivity index (χ4n) is 3.82. The van der Waals surface area contributed by atoms with Gasteiger partial charge < -0.3 is 14.6 Å². The zero-order valence-corrected chi connectivity index (χ0v) is 18.3. The maximum atomic E-state index is 12.5. The summed E-state index contributed by atoms with van der Waals surface area (Å²) in [5.41, 5.74) is 4.41. The maximum absolute atomic E-state index is 12.5. The monoisotopic (exact) mass is 416 g/mol. The van der Waals surface area contributed by atoms with Crippen LogP contribution in [0.2, 0.25) is 0 Å². The fraction of sp³-hybridized carbons (Fsp3) is 0.308. The summed E-state index contributed by atoms with van der Waals surface area (Å²) in [5.74, 6) is 2.11. The van der Waals surface area contributed by atoms with Crippen LogP contribution in [0.15, 0.2) is 59.0 Å². The van der Waals surface area contributed by atoms with Crippen LogP contribution in [-0.4, -0.2) is 23.3 Å². The first-order chi connectivity index (χ1) is 14.9. The van der Waals surface area contributed by atoms with Crippen molar-refractivity contribution in [1.82, 2.24) is 4.90 Å². The summed E-state index contributed by atoms with van der Waals surface area (Å²) in [4.78, 5) is 26.9. The average molecular weight is 417 g/mol. The van der Waals surface area contributed by atoms with Gasteiger partial charge in [0.1, 0.15) is 11.5 Å². The maximum Gasteiger partial charge on any atom is 0.255 e. The number of carbonyl (C=O) groups is 2. The quantitative estimate of drug-likeness (QED) is 0.603. The number of hydrogen-bond donors (Lipinski definition) is 1. The van der Waals surface area contributed by atoms with Crippen LogP contribution >= 0.6 is 0 Å². The molecule has 0 saturated carbocycles. The molecule has 160 valence electrons. The number of fused-ring (bicyclic) bond motifs is 1. The van der Waals surface area contributed by atoms with E-state index in [-0.39, 0.29) is 11.8 Å². The molecule has 3 aromatic rings. The van der Waals surface area contributed by atoms with E-state index >= 15 is 0 Å². The first-order valence-electron chi connectivity index (χ1n) is 10.8. The molecule has 1 aliphatic rings. The molecule has 0 radical (unpaired) electrons. The van der Waals surface area contributed by atoms with Gasteiger partial charge in [0.2, 0.25) is 5.91 Å². The molecule has 0 unspecified atom stereocenters. The molecule has 0 fully saturated rings. The van der Waals surface area contributed by atoms with Crippen LogP contribution in [0, 0.1) is 12.8 Å². The lowest BCUT2D eigenvalue weighted by Crippen LogP contribution is -2.35. The van der Waals surface area contributed by atoms with Crippen molar-refractivity contribution in [2.75, 3.05) is 11.9 Å². The highest BCUT2D eigenvalue weighted by Crippen LogP contribution is 2.31. The molecule has 5 heteroatoms. The van der Waals surface area contributed by atoms with Crippen LogP contribution in [0.4, 0.5) is 5.69 Å². The molecule has 5 nitrogen and oxygen atoms in total. The van der Waals surface area contributed by atoms with E-state index in [1.54, 1.807) is 0 Å². The van der Waals surface area contributed by atoms with E-state index in [0.29, 0.717) is 36.7 Å². The van der Waals surface area contributed by atoms with Crippen molar-refractivity contribution in [2.24, 2.45) is 5.92 Å². The Bertz CT molecular complexity index is 1100. The minimum Gasteiger partial charge on any atom is -0.461 e. The predicted octanol–water partition coefficient (Wildman–Crippen LogP) is 5.44. The molecule has 4 rings (SSSR count). The molecule has 0 bridgehead atoms. The Hall–Kier alpha value is -3.34. The number of nitrogens with one attached hydrogen (secondary N) is 1. The van der Waals surface area contributed by atoms with Gasteiger partial charge in [-0.25, -0.2) is 0 Å². The van der Waals surface area contributed by atoms with E-state index in [2.05, 4.69) is 19.2 Å². The van der Waals surface area contributed by atoms with Gasteiger partial charge in [-0.05, 0) is 43.2 Å². The van der Waals surface area contributed by atoms with Gasteiger partial charge in [0.15, 0.2) is 0 Å². The van der Waals surface area contributed by atoms with Gasteiger partial charge in [-0.1, -0.05) is 43.7 Å². The van der Waals surface area contributed by atoms with Crippen molar-refractivity contribution < 1.29 is 14.0 Å². The number of hydrogen-bond acceptors (Lipinski definition) is 3. The largest absolute Gasteiger partial charge is 0.461 e. The molecule has 0 spiro atoms. The Balaban J connectivity index is 1.49. The van der Waals surface area contributed by atoms with Gasteiger partial charge in [-0.3, -0.25) is 9.59 Å². The lowest BCUT2D eigenvalue weighted by atomic mass is 10.0. The number of amides is 2. The zero-order chi connectivity index (χ0) is 22.0. The third kappa shape index (κ3) is 4.88. The Morgan fingerprint density at radius 1 is 1.10 bits per heavy atom. The Labute approximate surface area is 183 Å². The minimum atomic E-state index is -0.143. The summed E-state index contributed by atoms with van der Waals surface area (Å²) in [7, 11) is 0. The number of nitrogens with zero attached hydrogens (tertiary/aromatic N) is 1. The van der Waals surface area contributed by atoms with E-state index in [1.807, 2.05) is 66.4 Å². The lowest BCUT2D eigenvalue weighted by Gasteiger charge is -2.26. The SMILES string of the molecule is Cc1ccc(C(=O)Nc2cccc(-c3cc4c(o3)CCN(C(=O)CC(C)C)C4)c2)cc1. The van der Waals surface area contributed by atoms with Crippen molar-refractivity contribution in [3.63, 3.8) is 0 Å². The first kappa shape index (κ1) is 20.9. The lowest BCUT2D eigenvalue weighted by molar-refractivity contribution is -0.132. The van der Waals surface area contributed by atoms with Gasteiger partial charge in [0.25, 0.3) is 5.91 Å². The average Bonchev–Trinajstić information content (AvgIpc) is 3.17. The highest BCUT2D eigenvalue weighted by atomic mass is 16.3. The molecule has 2 heterocycles. The van der Waals surface area contributed by atoms with Gasteiger partial charge in [0, 0.05) is 48.3 Å². The molecule has 1 aliphatic heterocycles. The molecular weight excluding hydrogens is 388 g/mol. The summed E-state index contributed by atoms with van der Waals surface area (Å²) >= 11 is 0. The van der Waals surface area contributed by atoms with Crippen LogP contribution in [0.5, 0.6) is 0 Å². The molecule has 0 atom stereocenters. The van der Waals surface area contributed by atoms with E-state index in [4.69, 9.17) is 4.42 Å². The van der Waals surface area contributed by atoms with Crippen molar-refractivity contribution >= 4 is 17.5 Å².